The number of hydrazone groups is 1. The number of unbranched alkanes of at least 4 members (excludes halogenated alkanes) is 5. The molecule has 0 aliphatic carbocycles. The highest BCUT2D eigenvalue weighted by Gasteiger charge is 1.98. The first kappa shape index (κ1) is 16.4. The average Bonchev–Trinajstić information content (AvgIpc) is 2.45. The number of benzene rings is 1. The molecular weight excluding hydrogens is 248 g/mol. The van der Waals surface area contributed by atoms with Gasteiger partial charge >= 0.3 is 0 Å². The molecule has 0 spiro atoms. The van der Waals surface area contributed by atoms with E-state index in [1.807, 2.05) is 31.2 Å². The minimum Gasteiger partial charge on any atom is -0.273 e. The number of rotatable bonds is 9. The van der Waals surface area contributed by atoms with Crippen molar-refractivity contribution in [3.63, 3.8) is 0 Å². The van der Waals surface area contributed by atoms with E-state index in [-0.39, 0.29) is 5.91 Å². The molecule has 0 saturated carbocycles. The quantitative estimate of drug-likeness (QED) is 0.409. The number of hydrogen-bond acceptors (Lipinski definition) is 2. The van der Waals surface area contributed by atoms with Gasteiger partial charge in [-0.15, -0.1) is 0 Å². The summed E-state index contributed by atoms with van der Waals surface area (Å²) in [6.45, 7) is 4.25. The van der Waals surface area contributed by atoms with E-state index in [4.69, 9.17) is 0 Å². The van der Waals surface area contributed by atoms with Gasteiger partial charge in [0.25, 0.3) is 0 Å². The SMILES string of the molecule is CCCCCCCCC(=O)N/N=C/c1ccc(C)cc1. The zero-order valence-corrected chi connectivity index (χ0v) is 12.7. The maximum atomic E-state index is 11.6. The van der Waals surface area contributed by atoms with E-state index in [9.17, 15) is 4.79 Å². The van der Waals surface area contributed by atoms with E-state index < -0.39 is 0 Å². The largest absolute Gasteiger partial charge is 0.273 e. The summed E-state index contributed by atoms with van der Waals surface area (Å²) in [7, 11) is 0. The molecule has 1 amide bonds. The van der Waals surface area contributed by atoms with Gasteiger partial charge in [0.05, 0.1) is 6.21 Å². The Labute approximate surface area is 122 Å². The number of nitrogens with one attached hydrogen (secondary N) is 1. The number of hydrogen-bond donors (Lipinski definition) is 1. The fourth-order valence-corrected chi connectivity index (χ4v) is 1.95. The summed E-state index contributed by atoms with van der Waals surface area (Å²) in [5.74, 6) is 0.00357. The van der Waals surface area contributed by atoms with Crippen molar-refractivity contribution in [1.29, 1.82) is 0 Å². The third kappa shape index (κ3) is 7.72. The molecule has 0 bridgehead atoms. The molecule has 0 heterocycles. The third-order valence-corrected chi connectivity index (χ3v) is 3.24. The predicted octanol–water partition coefficient (Wildman–Crippen LogP) is 4.20. The first-order valence-electron chi connectivity index (χ1n) is 7.61. The normalized spacial score (nSPS) is 10.9. The van der Waals surface area contributed by atoms with Crippen LogP contribution in [0.1, 0.15) is 63.0 Å². The Morgan fingerprint density at radius 3 is 2.45 bits per heavy atom. The van der Waals surface area contributed by atoms with Crippen LogP contribution in [0.15, 0.2) is 29.4 Å². The molecule has 3 heteroatoms. The van der Waals surface area contributed by atoms with Crippen molar-refractivity contribution in [3.05, 3.63) is 35.4 Å². The Hall–Kier alpha value is -1.64. The van der Waals surface area contributed by atoms with Crippen LogP contribution in [0, 0.1) is 6.92 Å². The first-order valence-corrected chi connectivity index (χ1v) is 7.61. The standard InChI is InChI=1S/C17H26N2O/c1-3-4-5-6-7-8-9-17(20)19-18-14-16-12-10-15(2)11-13-16/h10-14H,3-9H2,1-2H3,(H,19,20)/b18-14+. The highest BCUT2D eigenvalue weighted by atomic mass is 16.2. The highest BCUT2D eigenvalue weighted by molar-refractivity contribution is 5.82. The Morgan fingerprint density at radius 2 is 1.75 bits per heavy atom. The zero-order valence-electron chi connectivity index (χ0n) is 12.7. The van der Waals surface area contributed by atoms with Gasteiger partial charge in [0.2, 0.25) is 5.91 Å². The van der Waals surface area contributed by atoms with Gasteiger partial charge in [0.1, 0.15) is 0 Å². The summed E-state index contributed by atoms with van der Waals surface area (Å²) >= 11 is 0. The lowest BCUT2D eigenvalue weighted by atomic mass is 10.1. The van der Waals surface area contributed by atoms with E-state index >= 15 is 0 Å². The molecule has 3 nitrogen and oxygen atoms in total. The molecular formula is C17H26N2O. The molecule has 0 unspecified atom stereocenters. The van der Waals surface area contributed by atoms with Crippen LogP contribution in [0.3, 0.4) is 0 Å². The Kier molecular flexibility index (Phi) is 8.36. The van der Waals surface area contributed by atoms with Crippen molar-refractivity contribution >= 4 is 12.1 Å². The Bertz CT molecular complexity index is 410. The van der Waals surface area contributed by atoms with Crippen LogP contribution in [0.2, 0.25) is 0 Å². The van der Waals surface area contributed by atoms with Crippen LogP contribution in [-0.4, -0.2) is 12.1 Å². The Balaban J connectivity index is 2.12. The van der Waals surface area contributed by atoms with E-state index in [1.165, 1.54) is 31.2 Å². The van der Waals surface area contributed by atoms with E-state index in [2.05, 4.69) is 17.5 Å². The molecule has 0 saturated heterocycles. The molecule has 0 radical (unpaired) electrons. The van der Waals surface area contributed by atoms with Gasteiger partial charge in [-0.05, 0) is 18.9 Å². The lowest BCUT2D eigenvalue weighted by Crippen LogP contribution is -2.16. The smallest absolute Gasteiger partial charge is 0.240 e. The molecule has 1 aromatic rings. The minimum atomic E-state index is 0.00357. The number of amides is 1. The van der Waals surface area contributed by atoms with E-state index in [0.717, 1.165) is 18.4 Å². The summed E-state index contributed by atoms with van der Waals surface area (Å²) in [4.78, 5) is 11.6. The second kappa shape index (κ2) is 10.2. The monoisotopic (exact) mass is 274 g/mol. The summed E-state index contributed by atoms with van der Waals surface area (Å²) < 4.78 is 0. The molecule has 1 N–H and O–H groups in total. The van der Waals surface area contributed by atoms with Gasteiger partial charge in [-0.25, -0.2) is 5.43 Å². The molecule has 20 heavy (non-hydrogen) atoms. The summed E-state index contributed by atoms with van der Waals surface area (Å²) in [6, 6.07) is 8.02. The van der Waals surface area contributed by atoms with Crippen LogP contribution in [-0.2, 0) is 4.79 Å². The minimum absolute atomic E-state index is 0.00357. The molecule has 0 fully saturated rings. The van der Waals surface area contributed by atoms with Gasteiger partial charge < -0.3 is 0 Å². The van der Waals surface area contributed by atoms with Crippen LogP contribution in [0.5, 0.6) is 0 Å². The van der Waals surface area contributed by atoms with Crippen LogP contribution in [0.4, 0.5) is 0 Å². The van der Waals surface area contributed by atoms with Crippen molar-refractivity contribution in [2.45, 2.75) is 58.8 Å². The lowest BCUT2D eigenvalue weighted by Gasteiger charge is -2.01. The molecule has 1 aromatic carbocycles. The van der Waals surface area contributed by atoms with Crippen molar-refractivity contribution in [2.24, 2.45) is 5.10 Å². The molecule has 110 valence electrons. The second-order valence-electron chi connectivity index (χ2n) is 5.22. The fourth-order valence-electron chi connectivity index (χ4n) is 1.95. The number of carbonyl (C=O) groups is 1. The maximum absolute atomic E-state index is 11.6. The van der Waals surface area contributed by atoms with Gasteiger partial charge in [0, 0.05) is 6.42 Å². The topological polar surface area (TPSA) is 41.5 Å². The van der Waals surface area contributed by atoms with Gasteiger partial charge in [-0.2, -0.15) is 5.10 Å². The number of nitrogens with zero attached hydrogens (tertiary/aromatic N) is 1. The average molecular weight is 274 g/mol. The van der Waals surface area contributed by atoms with Crippen molar-refractivity contribution in [1.82, 2.24) is 5.43 Å². The molecule has 0 atom stereocenters. The van der Waals surface area contributed by atoms with Gasteiger partial charge in [-0.1, -0.05) is 68.9 Å². The summed E-state index contributed by atoms with van der Waals surface area (Å²) in [5.41, 5.74) is 4.79. The highest BCUT2D eigenvalue weighted by Crippen LogP contribution is 2.06. The molecule has 1 rings (SSSR count). The number of aryl methyl sites for hydroxylation is 1. The van der Waals surface area contributed by atoms with Crippen molar-refractivity contribution in [3.8, 4) is 0 Å². The predicted molar refractivity (Wildman–Crippen MR) is 84.9 cm³/mol. The molecule has 0 aromatic heterocycles. The maximum Gasteiger partial charge on any atom is 0.240 e. The van der Waals surface area contributed by atoms with Crippen LogP contribution in [0.25, 0.3) is 0 Å². The van der Waals surface area contributed by atoms with Crippen molar-refractivity contribution in [2.75, 3.05) is 0 Å². The zero-order chi connectivity index (χ0) is 14.6. The number of carbonyl (C=O) groups excluding carboxylic acids is 1. The van der Waals surface area contributed by atoms with E-state index in [1.54, 1.807) is 6.21 Å². The molecule has 0 aliphatic rings. The summed E-state index contributed by atoms with van der Waals surface area (Å²) in [5, 5.41) is 3.97. The second-order valence-corrected chi connectivity index (χ2v) is 5.22. The third-order valence-electron chi connectivity index (χ3n) is 3.24. The van der Waals surface area contributed by atoms with Crippen LogP contribution < -0.4 is 5.43 Å². The Morgan fingerprint density at radius 1 is 1.10 bits per heavy atom. The van der Waals surface area contributed by atoms with E-state index in [0.29, 0.717) is 6.42 Å². The van der Waals surface area contributed by atoms with Crippen molar-refractivity contribution < 1.29 is 4.79 Å². The summed E-state index contributed by atoms with van der Waals surface area (Å²) in [6.07, 6.45) is 9.40. The van der Waals surface area contributed by atoms with Gasteiger partial charge in [-0.3, -0.25) is 4.79 Å². The van der Waals surface area contributed by atoms with Crippen LogP contribution >= 0.6 is 0 Å². The fraction of sp³-hybridized carbons (Fsp3) is 0.529. The van der Waals surface area contributed by atoms with Gasteiger partial charge in [0.15, 0.2) is 0 Å². The lowest BCUT2D eigenvalue weighted by molar-refractivity contribution is -0.121. The first-order chi connectivity index (χ1) is 9.72. The molecule has 0 aliphatic heterocycles.